The van der Waals surface area contributed by atoms with E-state index >= 15 is 0 Å². The number of anilines is 1. The van der Waals surface area contributed by atoms with Gasteiger partial charge in [0, 0.05) is 5.69 Å². The second-order valence-electron chi connectivity index (χ2n) is 4.42. The minimum Gasteiger partial charge on any atom is -0.489 e. The molecule has 0 heterocycles. The van der Waals surface area contributed by atoms with E-state index in [0.29, 0.717) is 16.5 Å². The fourth-order valence-corrected chi connectivity index (χ4v) is 2.30. The highest BCUT2D eigenvalue weighted by atomic mass is 35.5. The Balaban J connectivity index is 0.00000180. The summed E-state index contributed by atoms with van der Waals surface area (Å²) >= 11 is 6.13. The minimum absolute atomic E-state index is 0. The van der Waals surface area contributed by atoms with Gasteiger partial charge >= 0.3 is 0 Å². The van der Waals surface area contributed by atoms with Crippen molar-refractivity contribution in [3.8, 4) is 5.75 Å². The van der Waals surface area contributed by atoms with Crippen molar-refractivity contribution in [1.82, 2.24) is 0 Å². The first-order valence-corrected chi connectivity index (χ1v) is 6.53. The van der Waals surface area contributed by atoms with Crippen molar-refractivity contribution in [1.29, 1.82) is 0 Å². The molecule has 0 aliphatic heterocycles. The lowest BCUT2D eigenvalue weighted by molar-refractivity contribution is -0.114. The molecule has 1 fully saturated rings. The van der Waals surface area contributed by atoms with Crippen LogP contribution in [0.25, 0.3) is 0 Å². The predicted molar refractivity (Wildman–Crippen MR) is 79.3 cm³/mol. The third kappa shape index (κ3) is 4.56. The van der Waals surface area contributed by atoms with Crippen molar-refractivity contribution in [3.63, 3.8) is 0 Å². The molecule has 3 N–H and O–H groups in total. The van der Waals surface area contributed by atoms with Gasteiger partial charge in [0.15, 0.2) is 0 Å². The van der Waals surface area contributed by atoms with Gasteiger partial charge in [-0.1, -0.05) is 11.6 Å². The van der Waals surface area contributed by atoms with E-state index in [1.165, 1.54) is 12.8 Å². The molecule has 2 rings (SSSR count). The Bertz CT molecular complexity index is 435. The van der Waals surface area contributed by atoms with Crippen molar-refractivity contribution in [2.75, 3.05) is 11.9 Å². The normalized spacial score (nSPS) is 14.8. The fraction of sp³-hybridized carbons (Fsp3) is 0.462. The van der Waals surface area contributed by atoms with Crippen LogP contribution in [0, 0.1) is 0 Å². The number of carbonyl (C=O) groups excluding carboxylic acids is 1. The van der Waals surface area contributed by atoms with Crippen molar-refractivity contribution in [2.24, 2.45) is 5.73 Å². The molecule has 0 atom stereocenters. The van der Waals surface area contributed by atoms with Gasteiger partial charge in [-0.3, -0.25) is 4.79 Å². The van der Waals surface area contributed by atoms with Crippen LogP contribution in [-0.4, -0.2) is 18.6 Å². The van der Waals surface area contributed by atoms with Crippen LogP contribution in [0.3, 0.4) is 0 Å². The number of nitrogens with two attached hydrogens (primary N) is 1. The number of ether oxygens (including phenoxy) is 1. The van der Waals surface area contributed by atoms with E-state index in [2.05, 4.69) is 5.32 Å². The standard InChI is InChI=1S/C13H17ClN2O2.ClH/c14-11-7-9(16-13(17)8-15)5-6-12(11)18-10-3-1-2-4-10;/h5-7,10H,1-4,8,15H2,(H,16,17);1H. The summed E-state index contributed by atoms with van der Waals surface area (Å²) in [6, 6.07) is 5.23. The monoisotopic (exact) mass is 304 g/mol. The number of halogens is 2. The highest BCUT2D eigenvalue weighted by molar-refractivity contribution is 6.32. The van der Waals surface area contributed by atoms with Crippen LogP contribution < -0.4 is 15.8 Å². The number of hydrogen-bond donors (Lipinski definition) is 2. The first kappa shape index (κ1) is 16.1. The quantitative estimate of drug-likeness (QED) is 0.899. The van der Waals surface area contributed by atoms with Crippen LogP contribution in [0.15, 0.2) is 18.2 Å². The predicted octanol–water partition coefficient (Wildman–Crippen LogP) is 2.98. The topological polar surface area (TPSA) is 64.4 Å². The summed E-state index contributed by atoms with van der Waals surface area (Å²) in [5, 5.41) is 3.16. The first-order chi connectivity index (χ1) is 8.69. The van der Waals surface area contributed by atoms with E-state index in [9.17, 15) is 4.79 Å². The van der Waals surface area contributed by atoms with Gasteiger partial charge in [0.25, 0.3) is 0 Å². The van der Waals surface area contributed by atoms with Gasteiger partial charge in [-0.2, -0.15) is 0 Å². The zero-order chi connectivity index (χ0) is 13.0. The molecule has 1 aliphatic rings. The van der Waals surface area contributed by atoms with E-state index < -0.39 is 0 Å². The number of hydrogen-bond acceptors (Lipinski definition) is 3. The average Bonchev–Trinajstić information content (AvgIpc) is 2.85. The molecule has 0 unspecified atom stereocenters. The van der Waals surface area contributed by atoms with Gasteiger partial charge < -0.3 is 15.8 Å². The third-order valence-corrected chi connectivity index (χ3v) is 3.29. The largest absolute Gasteiger partial charge is 0.489 e. The van der Waals surface area contributed by atoms with E-state index in [4.69, 9.17) is 22.1 Å². The molecule has 106 valence electrons. The Morgan fingerprint density at radius 2 is 2.11 bits per heavy atom. The van der Waals surface area contributed by atoms with E-state index in [1.807, 2.05) is 0 Å². The second-order valence-corrected chi connectivity index (χ2v) is 4.83. The van der Waals surface area contributed by atoms with Crippen molar-refractivity contribution in [2.45, 2.75) is 31.8 Å². The maximum absolute atomic E-state index is 11.1. The molecule has 0 bridgehead atoms. The van der Waals surface area contributed by atoms with Crippen molar-refractivity contribution in [3.05, 3.63) is 23.2 Å². The SMILES string of the molecule is Cl.NCC(=O)Nc1ccc(OC2CCCC2)c(Cl)c1. The smallest absolute Gasteiger partial charge is 0.238 e. The number of amides is 1. The Morgan fingerprint density at radius 3 is 2.68 bits per heavy atom. The third-order valence-electron chi connectivity index (χ3n) is 3.00. The molecule has 1 aromatic rings. The number of benzene rings is 1. The molecule has 0 saturated heterocycles. The molecular formula is C13H18Cl2N2O2. The summed E-state index contributed by atoms with van der Waals surface area (Å²) in [6.07, 6.45) is 4.87. The maximum Gasteiger partial charge on any atom is 0.238 e. The lowest BCUT2D eigenvalue weighted by atomic mass is 10.2. The van der Waals surface area contributed by atoms with Gasteiger partial charge in [-0.25, -0.2) is 0 Å². The first-order valence-electron chi connectivity index (χ1n) is 6.15. The Hall–Kier alpha value is -0.970. The highest BCUT2D eigenvalue weighted by Crippen LogP contribution is 2.31. The summed E-state index contributed by atoms with van der Waals surface area (Å²) in [4.78, 5) is 11.1. The van der Waals surface area contributed by atoms with Crippen LogP contribution in [-0.2, 0) is 4.79 Å². The highest BCUT2D eigenvalue weighted by Gasteiger charge is 2.17. The van der Waals surface area contributed by atoms with Crippen LogP contribution in [0.2, 0.25) is 5.02 Å². The molecule has 0 aromatic heterocycles. The molecule has 19 heavy (non-hydrogen) atoms. The van der Waals surface area contributed by atoms with Crippen molar-refractivity contribution < 1.29 is 9.53 Å². The molecular weight excluding hydrogens is 287 g/mol. The average molecular weight is 305 g/mol. The lowest BCUT2D eigenvalue weighted by Gasteiger charge is -2.15. The minimum atomic E-state index is -0.240. The van der Waals surface area contributed by atoms with Crippen LogP contribution in [0.1, 0.15) is 25.7 Å². The van der Waals surface area contributed by atoms with Crippen LogP contribution in [0.4, 0.5) is 5.69 Å². The molecule has 1 amide bonds. The van der Waals surface area contributed by atoms with E-state index in [1.54, 1.807) is 18.2 Å². The van der Waals surface area contributed by atoms with Gasteiger partial charge in [0.05, 0.1) is 17.7 Å². The summed E-state index contributed by atoms with van der Waals surface area (Å²) in [5.74, 6) is 0.435. The molecule has 6 heteroatoms. The number of nitrogens with one attached hydrogen (secondary N) is 1. The molecule has 1 aromatic carbocycles. The van der Waals surface area contributed by atoms with Crippen LogP contribution >= 0.6 is 24.0 Å². The van der Waals surface area contributed by atoms with Crippen molar-refractivity contribution >= 4 is 35.6 Å². The lowest BCUT2D eigenvalue weighted by Crippen LogP contribution is -2.21. The van der Waals surface area contributed by atoms with E-state index in [0.717, 1.165) is 12.8 Å². The fourth-order valence-electron chi connectivity index (χ4n) is 2.07. The zero-order valence-corrected chi connectivity index (χ0v) is 12.1. The summed E-state index contributed by atoms with van der Waals surface area (Å²) < 4.78 is 5.82. The summed E-state index contributed by atoms with van der Waals surface area (Å²) in [7, 11) is 0. The van der Waals surface area contributed by atoms with Gasteiger partial charge in [0.1, 0.15) is 5.75 Å². The van der Waals surface area contributed by atoms with Gasteiger partial charge in [0.2, 0.25) is 5.91 Å². The summed E-state index contributed by atoms with van der Waals surface area (Å²) in [6.45, 7) is -0.0437. The molecule has 0 radical (unpaired) electrons. The van der Waals surface area contributed by atoms with Gasteiger partial charge in [-0.15, -0.1) is 12.4 Å². The van der Waals surface area contributed by atoms with Crippen LogP contribution in [0.5, 0.6) is 5.75 Å². The maximum atomic E-state index is 11.1. The number of carbonyl (C=O) groups is 1. The van der Waals surface area contributed by atoms with Gasteiger partial charge in [-0.05, 0) is 43.9 Å². The molecule has 1 aliphatic carbocycles. The summed E-state index contributed by atoms with van der Waals surface area (Å²) in [5.41, 5.74) is 5.86. The second kappa shape index (κ2) is 7.58. The zero-order valence-electron chi connectivity index (χ0n) is 10.5. The number of rotatable bonds is 4. The van der Waals surface area contributed by atoms with E-state index in [-0.39, 0.29) is 31.0 Å². The molecule has 0 spiro atoms. The Morgan fingerprint density at radius 1 is 1.42 bits per heavy atom. The Labute approximate surface area is 124 Å². The molecule has 1 saturated carbocycles. The Kier molecular flexibility index (Phi) is 6.42. The molecule has 4 nitrogen and oxygen atoms in total.